The predicted molar refractivity (Wildman–Crippen MR) is 61.7 cm³/mol. The average molecular weight is 272 g/mol. The fourth-order valence-corrected chi connectivity index (χ4v) is 3.03. The molecule has 1 aliphatic heterocycles. The maximum absolute atomic E-state index is 10.9. The van der Waals surface area contributed by atoms with Crippen molar-refractivity contribution in [1.82, 2.24) is 0 Å². The summed E-state index contributed by atoms with van der Waals surface area (Å²) in [5.74, 6) is -1.04. The first-order chi connectivity index (χ1) is 6.81. The summed E-state index contributed by atoms with van der Waals surface area (Å²) in [6.07, 6.45) is -3.44. The number of ether oxygens (including phenoxy) is 1. The van der Waals surface area contributed by atoms with Gasteiger partial charge in [-0.1, -0.05) is 6.92 Å². The molecule has 0 bridgehead atoms. The monoisotopic (exact) mass is 272 g/mol. The number of thiol groups is 1. The van der Waals surface area contributed by atoms with Crippen LogP contribution >= 0.6 is 18.4 Å². The Morgan fingerprint density at radius 2 is 2.13 bits per heavy atom. The molecular weight excluding hydrogens is 259 g/mol. The predicted octanol–water partition coefficient (Wildman–Crippen LogP) is 1.29. The van der Waals surface area contributed by atoms with Crippen LogP contribution in [0.1, 0.15) is 6.92 Å². The Morgan fingerprint density at radius 1 is 1.67 bits per heavy atom. The summed E-state index contributed by atoms with van der Waals surface area (Å²) in [6, 6.07) is 0. The van der Waals surface area contributed by atoms with Crippen molar-refractivity contribution in [2.45, 2.75) is 13.0 Å². The molecular formula is C7H13O5PS2. The van der Waals surface area contributed by atoms with Gasteiger partial charge in [-0.25, -0.2) is 13.8 Å². The van der Waals surface area contributed by atoms with Crippen molar-refractivity contribution in [3.05, 3.63) is 0 Å². The lowest BCUT2D eigenvalue weighted by Crippen LogP contribution is -2.48. The second-order valence-corrected chi connectivity index (χ2v) is 8.91. The third kappa shape index (κ3) is 3.22. The largest absolute Gasteiger partial charge is 0.480 e. The lowest BCUT2D eigenvalue weighted by atomic mass is 9.86. The molecule has 1 heterocycles. The highest BCUT2D eigenvalue weighted by atomic mass is 33.1. The number of carboxylic acids is 1. The van der Waals surface area contributed by atoms with E-state index >= 15 is 0 Å². The van der Waals surface area contributed by atoms with Crippen molar-refractivity contribution in [3.8, 4) is 0 Å². The molecule has 88 valence electrons. The Kier molecular flexibility index (Phi) is 4.31. The second-order valence-electron chi connectivity index (χ2n) is 3.62. The Bertz CT molecular complexity index is 250. The van der Waals surface area contributed by atoms with Gasteiger partial charge in [0.1, 0.15) is 13.2 Å². The molecule has 0 aliphatic carbocycles. The minimum absolute atomic E-state index is 0.179. The van der Waals surface area contributed by atoms with Crippen LogP contribution in [0.3, 0.4) is 0 Å². The van der Waals surface area contributed by atoms with Gasteiger partial charge < -0.3 is 22.1 Å². The maximum atomic E-state index is 10.9. The van der Waals surface area contributed by atoms with Crippen LogP contribution in [0.5, 0.6) is 0 Å². The van der Waals surface area contributed by atoms with Gasteiger partial charge in [0.2, 0.25) is 6.12 Å². The SMILES string of the molecule is COC(C(=O)O)C1(C)CO[P+]([S-])(S)OC1. The minimum atomic E-state index is -2.47. The van der Waals surface area contributed by atoms with Crippen LogP contribution in [0, 0.1) is 5.41 Å². The van der Waals surface area contributed by atoms with Crippen LogP contribution in [0.2, 0.25) is 0 Å². The maximum Gasteiger partial charge on any atom is 0.333 e. The van der Waals surface area contributed by atoms with E-state index < -0.39 is 23.6 Å². The molecule has 1 saturated heterocycles. The van der Waals surface area contributed by atoms with E-state index in [1.165, 1.54) is 7.11 Å². The van der Waals surface area contributed by atoms with E-state index in [1.54, 1.807) is 6.92 Å². The molecule has 15 heavy (non-hydrogen) atoms. The molecule has 0 radical (unpaired) electrons. The van der Waals surface area contributed by atoms with Crippen molar-refractivity contribution >= 4 is 36.6 Å². The van der Waals surface area contributed by atoms with Gasteiger partial charge in [-0.2, -0.15) is 0 Å². The summed E-state index contributed by atoms with van der Waals surface area (Å²) in [5.41, 5.74) is -0.731. The first-order valence-corrected chi connectivity index (χ1v) is 7.97. The highest BCUT2D eigenvalue weighted by Crippen LogP contribution is 2.67. The van der Waals surface area contributed by atoms with E-state index in [2.05, 4.69) is 12.2 Å². The molecule has 0 aromatic rings. The van der Waals surface area contributed by atoms with E-state index in [1.807, 2.05) is 0 Å². The van der Waals surface area contributed by atoms with Gasteiger partial charge in [0, 0.05) is 19.4 Å². The van der Waals surface area contributed by atoms with Crippen LogP contribution in [-0.4, -0.2) is 37.5 Å². The van der Waals surface area contributed by atoms with Crippen LogP contribution in [-0.2, 0) is 30.8 Å². The summed E-state index contributed by atoms with van der Waals surface area (Å²) in [4.78, 5) is 10.9. The molecule has 8 heteroatoms. The average Bonchev–Trinajstić information content (AvgIpc) is 2.12. The van der Waals surface area contributed by atoms with Crippen LogP contribution in [0.4, 0.5) is 0 Å². The van der Waals surface area contributed by atoms with E-state index in [9.17, 15) is 4.79 Å². The number of rotatable bonds is 3. The number of methoxy groups -OCH3 is 1. The smallest absolute Gasteiger partial charge is 0.333 e. The lowest BCUT2D eigenvalue weighted by molar-refractivity contribution is -0.162. The molecule has 0 spiro atoms. The number of hydrogen-bond acceptors (Lipinski definition) is 6. The van der Waals surface area contributed by atoms with Gasteiger partial charge in [-0.05, 0) is 0 Å². The minimum Gasteiger partial charge on any atom is -0.480 e. The fourth-order valence-electron chi connectivity index (χ4n) is 1.37. The van der Waals surface area contributed by atoms with Gasteiger partial charge >= 0.3 is 5.97 Å². The van der Waals surface area contributed by atoms with Crippen molar-refractivity contribution in [2.75, 3.05) is 20.3 Å². The van der Waals surface area contributed by atoms with Gasteiger partial charge in [0.15, 0.2) is 6.10 Å². The van der Waals surface area contributed by atoms with E-state index in [0.717, 1.165) is 0 Å². The summed E-state index contributed by atoms with van der Waals surface area (Å²) < 4.78 is 15.4. The Labute approximate surface area is 99.3 Å². The molecule has 0 saturated carbocycles. The highest BCUT2D eigenvalue weighted by molar-refractivity contribution is 8.76. The molecule has 1 fully saturated rings. The number of carboxylic acid groups (broad SMARTS) is 1. The van der Waals surface area contributed by atoms with Crippen LogP contribution < -0.4 is 0 Å². The summed E-state index contributed by atoms with van der Waals surface area (Å²) in [6.45, 7) is 2.08. The molecule has 1 atom stereocenters. The second kappa shape index (κ2) is 4.77. The van der Waals surface area contributed by atoms with Crippen molar-refractivity contribution in [3.63, 3.8) is 0 Å². The van der Waals surface area contributed by atoms with E-state index in [-0.39, 0.29) is 13.2 Å². The molecule has 0 aromatic carbocycles. The molecule has 0 aromatic heterocycles. The normalized spacial score (nSPS) is 38.7. The zero-order valence-corrected chi connectivity index (χ0v) is 11.0. The summed E-state index contributed by atoms with van der Waals surface area (Å²) in [5, 5.41) is 8.95. The quantitative estimate of drug-likeness (QED) is 0.458. The number of carbonyl (C=O) groups is 1. The molecule has 1 aliphatic rings. The third-order valence-corrected chi connectivity index (χ3v) is 4.44. The lowest BCUT2D eigenvalue weighted by Gasteiger charge is -2.40. The van der Waals surface area contributed by atoms with Crippen molar-refractivity contribution in [1.29, 1.82) is 0 Å². The van der Waals surface area contributed by atoms with E-state index in [4.69, 9.17) is 31.1 Å². The molecule has 0 amide bonds. The van der Waals surface area contributed by atoms with Gasteiger partial charge in [0.05, 0.1) is 5.41 Å². The van der Waals surface area contributed by atoms with Crippen LogP contribution in [0.25, 0.3) is 0 Å². The molecule has 1 unspecified atom stereocenters. The topological polar surface area (TPSA) is 65.0 Å². The van der Waals surface area contributed by atoms with Gasteiger partial charge in [0.25, 0.3) is 0 Å². The number of aliphatic carboxylic acids is 1. The zero-order valence-electron chi connectivity index (χ0n) is 8.37. The third-order valence-electron chi connectivity index (χ3n) is 2.21. The fraction of sp³-hybridized carbons (Fsp3) is 0.857. The molecule has 1 N–H and O–H groups in total. The van der Waals surface area contributed by atoms with Gasteiger partial charge in [-0.3, -0.25) is 0 Å². The zero-order chi connectivity index (χ0) is 11.7. The standard InChI is InChI=1S/C7H13O5PS2/c1-7(5(10-2)6(8)9)3-11-13(14,15)12-4-7/h5H,3-4H2,1-2H3,(H,8,9)(H,14,15). The summed E-state index contributed by atoms with van der Waals surface area (Å²) >= 11 is 8.97. The van der Waals surface area contributed by atoms with Crippen molar-refractivity contribution < 1.29 is 23.7 Å². The Hall–Kier alpha value is 0.480. The molecule has 1 rings (SSSR count). The van der Waals surface area contributed by atoms with E-state index in [0.29, 0.717) is 0 Å². The van der Waals surface area contributed by atoms with Crippen molar-refractivity contribution in [2.24, 2.45) is 5.41 Å². The highest BCUT2D eigenvalue weighted by Gasteiger charge is 2.48. The first-order valence-electron chi connectivity index (χ1n) is 4.18. The first kappa shape index (κ1) is 13.5. The van der Waals surface area contributed by atoms with Crippen LogP contribution in [0.15, 0.2) is 0 Å². The summed E-state index contributed by atoms with van der Waals surface area (Å²) in [7, 11) is 1.34. The Morgan fingerprint density at radius 3 is 2.47 bits per heavy atom. The Balaban J connectivity index is 2.72. The number of hydrogen-bond donors (Lipinski definition) is 2. The van der Waals surface area contributed by atoms with Gasteiger partial charge in [-0.15, -0.1) is 0 Å². The molecule has 5 nitrogen and oxygen atoms in total.